The molecule has 0 unspecified atom stereocenters. The molecule has 6 heteroatoms. The molecular weight excluding hydrogens is 220 g/mol. The molecule has 2 rings (SSSR count). The minimum absolute atomic E-state index is 0.319. The molecule has 2 heterocycles. The van der Waals surface area contributed by atoms with Crippen molar-refractivity contribution >= 4 is 17.4 Å². The van der Waals surface area contributed by atoms with E-state index in [0.29, 0.717) is 17.3 Å². The zero-order chi connectivity index (χ0) is 12.3. The van der Waals surface area contributed by atoms with Gasteiger partial charge in [-0.25, -0.2) is 4.98 Å². The lowest BCUT2D eigenvalue weighted by Crippen LogP contribution is -2.13. The Morgan fingerprint density at radius 3 is 2.76 bits per heavy atom. The van der Waals surface area contributed by atoms with E-state index in [2.05, 4.69) is 20.8 Å². The lowest BCUT2D eigenvalue weighted by atomic mass is 10.3. The van der Waals surface area contributed by atoms with E-state index in [4.69, 9.17) is 4.52 Å². The number of amides is 1. The number of nitrogens with one attached hydrogen (secondary N) is 2. The molecule has 0 aromatic carbocycles. The third kappa shape index (κ3) is 2.60. The van der Waals surface area contributed by atoms with Crippen molar-refractivity contribution in [1.82, 2.24) is 10.1 Å². The Kier molecular flexibility index (Phi) is 3.04. The summed E-state index contributed by atoms with van der Waals surface area (Å²) in [5.41, 5.74) is 1.17. The van der Waals surface area contributed by atoms with Gasteiger partial charge in [0, 0.05) is 13.1 Å². The van der Waals surface area contributed by atoms with E-state index in [0.717, 1.165) is 5.69 Å². The van der Waals surface area contributed by atoms with Crippen molar-refractivity contribution in [3.8, 4) is 0 Å². The number of pyridine rings is 1. The van der Waals surface area contributed by atoms with Gasteiger partial charge in [-0.15, -0.1) is 0 Å². The van der Waals surface area contributed by atoms with Crippen molar-refractivity contribution in [3.05, 3.63) is 35.9 Å². The van der Waals surface area contributed by atoms with Crippen molar-refractivity contribution in [2.24, 2.45) is 0 Å². The molecule has 0 saturated carbocycles. The molecule has 0 bridgehead atoms. The fourth-order valence-corrected chi connectivity index (χ4v) is 1.28. The highest BCUT2D eigenvalue weighted by molar-refractivity contribution is 6.02. The average molecular weight is 232 g/mol. The molecule has 0 aliphatic carbocycles. The quantitative estimate of drug-likeness (QED) is 0.841. The van der Waals surface area contributed by atoms with Gasteiger partial charge in [0.15, 0.2) is 5.82 Å². The van der Waals surface area contributed by atoms with Crippen LogP contribution in [-0.4, -0.2) is 23.1 Å². The van der Waals surface area contributed by atoms with Gasteiger partial charge in [0.2, 0.25) is 0 Å². The molecule has 0 saturated heterocycles. The molecule has 0 atom stereocenters. The molecule has 0 spiro atoms. The maximum atomic E-state index is 11.7. The van der Waals surface area contributed by atoms with E-state index in [1.165, 1.54) is 0 Å². The van der Waals surface area contributed by atoms with Gasteiger partial charge in [0.1, 0.15) is 11.5 Å². The Bertz CT molecular complexity index is 519. The van der Waals surface area contributed by atoms with Gasteiger partial charge >= 0.3 is 0 Å². The molecule has 1 amide bonds. The summed E-state index contributed by atoms with van der Waals surface area (Å²) in [6.45, 7) is 1.75. The summed E-state index contributed by atoms with van der Waals surface area (Å²) in [6, 6.07) is 5.05. The summed E-state index contributed by atoms with van der Waals surface area (Å²) in [5, 5.41) is 9.18. The minimum Gasteiger partial charge on any atom is -0.387 e. The number of rotatable bonds is 3. The fourth-order valence-electron chi connectivity index (χ4n) is 1.28. The summed E-state index contributed by atoms with van der Waals surface area (Å²) in [6.07, 6.45) is 1.59. The van der Waals surface area contributed by atoms with Crippen LogP contribution in [0.3, 0.4) is 0 Å². The molecule has 88 valence electrons. The van der Waals surface area contributed by atoms with Gasteiger partial charge < -0.3 is 15.2 Å². The number of anilines is 2. The standard InChI is InChI=1S/C11H12N4O2/c1-7-5-10(15-17-7)14-11(16)9-4-3-8(12-2)6-13-9/h3-6,12H,1-2H3,(H,14,15,16). The Hall–Kier alpha value is -2.37. The molecule has 0 radical (unpaired) electrons. The average Bonchev–Trinajstić information content (AvgIpc) is 2.75. The second-order valence-electron chi connectivity index (χ2n) is 3.46. The fraction of sp³-hybridized carbons (Fsp3) is 0.182. The first-order valence-corrected chi connectivity index (χ1v) is 5.07. The Balaban J connectivity index is 2.09. The van der Waals surface area contributed by atoms with Crippen molar-refractivity contribution in [2.45, 2.75) is 6.92 Å². The van der Waals surface area contributed by atoms with Crippen LogP contribution in [0.4, 0.5) is 11.5 Å². The van der Waals surface area contributed by atoms with Gasteiger partial charge in [-0.2, -0.15) is 0 Å². The van der Waals surface area contributed by atoms with Crippen LogP contribution in [0.25, 0.3) is 0 Å². The lowest BCUT2D eigenvalue weighted by molar-refractivity contribution is 0.102. The highest BCUT2D eigenvalue weighted by atomic mass is 16.5. The van der Waals surface area contributed by atoms with Crippen LogP contribution in [-0.2, 0) is 0 Å². The van der Waals surface area contributed by atoms with E-state index in [9.17, 15) is 4.79 Å². The Morgan fingerprint density at radius 2 is 2.24 bits per heavy atom. The van der Waals surface area contributed by atoms with Crippen LogP contribution in [0.2, 0.25) is 0 Å². The van der Waals surface area contributed by atoms with Gasteiger partial charge in [0.05, 0.1) is 11.9 Å². The number of aryl methyl sites for hydroxylation is 1. The topological polar surface area (TPSA) is 80.0 Å². The number of hydrogen-bond donors (Lipinski definition) is 2. The molecule has 0 fully saturated rings. The van der Waals surface area contributed by atoms with Crippen molar-refractivity contribution in [3.63, 3.8) is 0 Å². The lowest BCUT2D eigenvalue weighted by Gasteiger charge is -2.02. The minimum atomic E-state index is -0.319. The maximum Gasteiger partial charge on any atom is 0.275 e. The van der Waals surface area contributed by atoms with Gasteiger partial charge in [-0.1, -0.05) is 5.16 Å². The summed E-state index contributed by atoms with van der Waals surface area (Å²) in [7, 11) is 1.79. The van der Waals surface area contributed by atoms with Crippen LogP contribution in [0.15, 0.2) is 28.9 Å². The summed E-state index contributed by atoms with van der Waals surface area (Å²) >= 11 is 0. The first-order chi connectivity index (χ1) is 8.19. The monoisotopic (exact) mass is 232 g/mol. The van der Waals surface area contributed by atoms with Crippen molar-refractivity contribution in [2.75, 3.05) is 17.7 Å². The SMILES string of the molecule is CNc1ccc(C(=O)Nc2cc(C)on2)nc1. The smallest absolute Gasteiger partial charge is 0.275 e. The third-order valence-corrected chi connectivity index (χ3v) is 2.15. The number of aromatic nitrogens is 2. The van der Waals surface area contributed by atoms with E-state index in [1.54, 1.807) is 38.4 Å². The van der Waals surface area contributed by atoms with Crippen LogP contribution in [0.1, 0.15) is 16.2 Å². The summed E-state index contributed by atoms with van der Waals surface area (Å²) < 4.78 is 4.84. The second kappa shape index (κ2) is 4.65. The van der Waals surface area contributed by atoms with Crippen LogP contribution in [0, 0.1) is 6.92 Å². The molecule has 0 aliphatic rings. The predicted molar refractivity (Wildman–Crippen MR) is 63.0 cm³/mol. The first kappa shape index (κ1) is 11.1. The highest BCUT2D eigenvalue weighted by Crippen LogP contribution is 2.10. The molecular formula is C11H12N4O2. The molecule has 2 N–H and O–H groups in total. The largest absolute Gasteiger partial charge is 0.387 e. The van der Waals surface area contributed by atoms with Crippen molar-refractivity contribution < 1.29 is 9.32 Å². The zero-order valence-electron chi connectivity index (χ0n) is 9.52. The summed E-state index contributed by atoms with van der Waals surface area (Å²) in [5.74, 6) is 0.701. The van der Waals surface area contributed by atoms with Gasteiger partial charge in [-0.05, 0) is 19.1 Å². The third-order valence-electron chi connectivity index (χ3n) is 2.15. The molecule has 2 aromatic heterocycles. The maximum absolute atomic E-state index is 11.7. The van der Waals surface area contributed by atoms with E-state index in [1.807, 2.05) is 0 Å². The summed E-state index contributed by atoms with van der Waals surface area (Å²) in [4.78, 5) is 15.8. The number of hydrogen-bond acceptors (Lipinski definition) is 5. The van der Waals surface area contributed by atoms with E-state index < -0.39 is 0 Å². The molecule has 2 aromatic rings. The Morgan fingerprint density at radius 1 is 1.41 bits per heavy atom. The first-order valence-electron chi connectivity index (χ1n) is 5.07. The van der Waals surface area contributed by atoms with Crippen LogP contribution >= 0.6 is 0 Å². The molecule has 17 heavy (non-hydrogen) atoms. The zero-order valence-corrected chi connectivity index (χ0v) is 9.52. The number of nitrogens with zero attached hydrogens (tertiary/aromatic N) is 2. The normalized spacial score (nSPS) is 10.0. The molecule has 6 nitrogen and oxygen atoms in total. The molecule has 0 aliphatic heterocycles. The van der Waals surface area contributed by atoms with Gasteiger partial charge in [-0.3, -0.25) is 4.79 Å². The highest BCUT2D eigenvalue weighted by Gasteiger charge is 2.09. The van der Waals surface area contributed by atoms with Crippen LogP contribution in [0.5, 0.6) is 0 Å². The second-order valence-corrected chi connectivity index (χ2v) is 3.46. The Labute approximate surface area is 98.0 Å². The van der Waals surface area contributed by atoms with E-state index >= 15 is 0 Å². The predicted octanol–water partition coefficient (Wildman–Crippen LogP) is 1.67. The van der Waals surface area contributed by atoms with Gasteiger partial charge in [0.25, 0.3) is 5.91 Å². The van der Waals surface area contributed by atoms with Crippen molar-refractivity contribution in [1.29, 1.82) is 0 Å². The van der Waals surface area contributed by atoms with Crippen LogP contribution < -0.4 is 10.6 Å². The van der Waals surface area contributed by atoms with E-state index in [-0.39, 0.29) is 5.91 Å². The number of carbonyl (C=O) groups excluding carboxylic acids is 1. The number of carbonyl (C=O) groups is 1.